The summed E-state index contributed by atoms with van der Waals surface area (Å²) in [5, 5.41) is 16.2. The van der Waals surface area contributed by atoms with Crippen LogP contribution in [0.25, 0.3) is 0 Å². The van der Waals surface area contributed by atoms with Gasteiger partial charge in [0.15, 0.2) is 0 Å². The Morgan fingerprint density at radius 1 is 1.44 bits per heavy atom. The summed E-state index contributed by atoms with van der Waals surface area (Å²) >= 11 is 1.40. The lowest BCUT2D eigenvalue weighted by Gasteiger charge is -2.00. The van der Waals surface area contributed by atoms with Gasteiger partial charge >= 0.3 is 0 Å². The number of aryl methyl sites for hydroxylation is 1. The Labute approximate surface area is 109 Å². The number of aromatic nitrogens is 4. The summed E-state index contributed by atoms with van der Waals surface area (Å²) in [6.45, 7) is 5.93. The van der Waals surface area contributed by atoms with Gasteiger partial charge in [0.25, 0.3) is 5.91 Å². The largest absolute Gasteiger partial charge is 0.296 e. The van der Waals surface area contributed by atoms with Crippen LogP contribution in [0.5, 0.6) is 0 Å². The number of carbonyl (C=O) groups excluding carboxylic acids is 1. The first-order chi connectivity index (χ1) is 8.49. The highest BCUT2D eigenvalue weighted by molar-refractivity contribution is 7.15. The standard InChI is InChI=1S/C11H15N5OS/c1-6(2)10-14-15-11(18-10)13-9(17)8-5-12-16(4)7(8)3/h5-6H,1-4H3,(H,13,15,17). The number of anilines is 1. The van der Waals surface area contributed by atoms with Gasteiger partial charge in [0, 0.05) is 18.7 Å². The molecular formula is C11H15N5OS. The van der Waals surface area contributed by atoms with Crippen molar-refractivity contribution in [2.24, 2.45) is 7.05 Å². The van der Waals surface area contributed by atoms with E-state index in [1.54, 1.807) is 17.9 Å². The van der Waals surface area contributed by atoms with E-state index in [4.69, 9.17) is 0 Å². The zero-order chi connectivity index (χ0) is 13.3. The molecule has 0 aliphatic carbocycles. The van der Waals surface area contributed by atoms with E-state index in [1.165, 1.54) is 11.3 Å². The lowest BCUT2D eigenvalue weighted by molar-refractivity contribution is 0.102. The lowest BCUT2D eigenvalue weighted by atomic mass is 10.2. The first-order valence-corrected chi connectivity index (χ1v) is 6.44. The molecule has 1 amide bonds. The van der Waals surface area contributed by atoms with Gasteiger partial charge in [-0.25, -0.2) is 0 Å². The molecule has 0 aliphatic rings. The van der Waals surface area contributed by atoms with Crippen LogP contribution >= 0.6 is 11.3 Å². The van der Waals surface area contributed by atoms with Gasteiger partial charge in [-0.15, -0.1) is 10.2 Å². The monoisotopic (exact) mass is 265 g/mol. The Hall–Kier alpha value is -1.76. The second kappa shape index (κ2) is 4.85. The SMILES string of the molecule is Cc1c(C(=O)Nc2nnc(C(C)C)s2)cnn1C. The maximum absolute atomic E-state index is 12.0. The molecule has 1 N–H and O–H groups in total. The molecule has 2 heterocycles. The van der Waals surface area contributed by atoms with Gasteiger partial charge in [0.1, 0.15) is 5.01 Å². The number of amides is 1. The number of hydrogen-bond acceptors (Lipinski definition) is 5. The number of rotatable bonds is 3. The molecule has 0 saturated carbocycles. The molecule has 0 radical (unpaired) electrons. The lowest BCUT2D eigenvalue weighted by Crippen LogP contribution is -2.12. The minimum atomic E-state index is -0.202. The highest BCUT2D eigenvalue weighted by Crippen LogP contribution is 2.23. The third-order valence-corrected chi connectivity index (χ3v) is 3.77. The molecule has 0 saturated heterocycles. The molecule has 6 nitrogen and oxygen atoms in total. The topological polar surface area (TPSA) is 72.7 Å². The van der Waals surface area contributed by atoms with Crippen molar-refractivity contribution in [1.82, 2.24) is 20.0 Å². The van der Waals surface area contributed by atoms with Crippen LogP contribution in [0.15, 0.2) is 6.20 Å². The summed E-state index contributed by atoms with van der Waals surface area (Å²) in [6, 6.07) is 0. The number of hydrogen-bond donors (Lipinski definition) is 1. The van der Waals surface area contributed by atoms with E-state index in [0.717, 1.165) is 10.7 Å². The molecule has 18 heavy (non-hydrogen) atoms. The van der Waals surface area contributed by atoms with Gasteiger partial charge in [0.05, 0.1) is 11.8 Å². The van der Waals surface area contributed by atoms with Crippen LogP contribution in [0.4, 0.5) is 5.13 Å². The number of carbonyl (C=O) groups is 1. The smallest absolute Gasteiger partial charge is 0.260 e. The van der Waals surface area contributed by atoms with Crippen LogP contribution in [-0.2, 0) is 7.05 Å². The van der Waals surface area contributed by atoms with Gasteiger partial charge in [-0.05, 0) is 6.92 Å². The van der Waals surface area contributed by atoms with Gasteiger partial charge < -0.3 is 0 Å². The molecule has 0 spiro atoms. The van der Waals surface area contributed by atoms with Gasteiger partial charge in [0.2, 0.25) is 5.13 Å². The Morgan fingerprint density at radius 3 is 2.67 bits per heavy atom. The van der Waals surface area contributed by atoms with Gasteiger partial charge in [-0.2, -0.15) is 5.10 Å². The molecule has 0 aromatic carbocycles. The molecule has 96 valence electrons. The second-order valence-electron chi connectivity index (χ2n) is 4.32. The normalized spacial score (nSPS) is 10.9. The first kappa shape index (κ1) is 12.7. The molecule has 2 rings (SSSR count). The molecule has 0 atom stereocenters. The minimum Gasteiger partial charge on any atom is -0.296 e. The van der Waals surface area contributed by atoms with Crippen molar-refractivity contribution >= 4 is 22.4 Å². The predicted octanol–water partition coefficient (Wildman–Crippen LogP) is 1.96. The summed E-state index contributed by atoms with van der Waals surface area (Å²) in [6.07, 6.45) is 1.55. The molecule has 0 fully saturated rings. The van der Waals surface area contributed by atoms with E-state index in [0.29, 0.717) is 16.6 Å². The fourth-order valence-corrected chi connectivity index (χ4v) is 2.15. The van der Waals surface area contributed by atoms with Crippen LogP contribution in [0.2, 0.25) is 0 Å². The summed E-state index contributed by atoms with van der Waals surface area (Å²) in [7, 11) is 1.80. The Balaban J connectivity index is 2.14. The van der Waals surface area contributed by atoms with Gasteiger partial charge in [-0.3, -0.25) is 14.8 Å². The molecule has 2 aromatic heterocycles. The fourth-order valence-electron chi connectivity index (χ4n) is 1.40. The number of nitrogens with zero attached hydrogens (tertiary/aromatic N) is 4. The van der Waals surface area contributed by atoms with Crippen LogP contribution in [-0.4, -0.2) is 25.9 Å². The average Bonchev–Trinajstić information content (AvgIpc) is 2.88. The van der Waals surface area contributed by atoms with Crippen molar-refractivity contribution < 1.29 is 4.79 Å². The van der Waals surface area contributed by atoms with Crippen molar-refractivity contribution in [3.8, 4) is 0 Å². The molecule has 2 aromatic rings. The highest BCUT2D eigenvalue weighted by Gasteiger charge is 2.15. The van der Waals surface area contributed by atoms with Crippen LogP contribution in [0.1, 0.15) is 40.8 Å². The van der Waals surface area contributed by atoms with E-state index in [2.05, 4.69) is 20.6 Å². The Bertz CT molecular complexity index is 572. The summed E-state index contributed by atoms with van der Waals surface area (Å²) < 4.78 is 1.66. The van der Waals surface area contributed by atoms with Crippen LogP contribution in [0, 0.1) is 6.92 Å². The van der Waals surface area contributed by atoms with E-state index in [9.17, 15) is 4.79 Å². The predicted molar refractivity (Wildman–Crippen MR) is 69.9 cm³/mol. The van der Waals surface area contributed by atoms with E-state index < -0.39 is 0 Å². The third-order valence-electron chi connectivity index (χ3n) is 2.63. The Kier molecular flexibility index (Phi) is 3.42. The molecular weight excluding hydrogens is 250 g/mol. The summed E-state index contributed by atoms with van der Waals surface area (Å²) in [4.78, 5) is 12.0. The van der Waals surface area contributed by atoms with E-state index in [-0.39, 0.29) is 5.91 Å². The summed E-state index contributed by atoms with van der Waals surface area (Å²) in [5.41, 5.74) is 1.37. The maximum Gasteiger partial charge on any atom is 0.260 e. The molecule has 0 unspecified atom stereocenters. The first-order valence-electron chi connectivity index (χ1n) is 5.62. The minimum absolute atomic E-state index is 0.202. The van der Waals surface area contributed by atoms with Crippen molar-refractivity contribution in [1.29, 1.82) is 0 Å². The fraction of sp³-hybridized carbons (Fsp3) is 0.455. The van der Waals surface area contributed by atoms with Crippen molar-refractivity contribution in [3.05, 3.63) is 22.5 Å². The zero-order valence-corrected chi connectivity index (χ0v) is 11.6. The molecule has 7 heteroatoms. The van der Waals surface area contributed by atoms with Crippen LogP contribution in [0.3, 0.4) is 0 Å². The third kappa shape index (κ3) is 2.40. The second-order valence-corrected chi connectivity index (χ2v) is 5.33. The van der Waals surface area contributed by atoms with E-state index in [1.807, 2.05) is 20.8 Å². The van der Waals surface area contributed by atoms with Crippen molar-refractivity contribution in [3.63, 3.8) is 0 Å². The molecule has 0 bridgehead atoms. The Morgan fingerprint density at radius 2 is 2.17 bits per heavy atom. The quantitative estimate of drug-likeness (QED) is 0.920. The highest BCUT2D eigenvalue weighted by atomic mass is 32.1. The summed E-state index contributed by atoms with van der Waals surface area (Å²) in [5.74, 6) is 0.111. The maximum atomic E-state index is 12.0. The van der Waals surface area contributed by atoms with Gasteiger partial charge in [-0.1, -0.05) is 25.2 Å². The van der Waals surface area contributed by atoms with Crippen LogP contribution < -0.4 is 5.32 Å². The average molecular weight is 265 g/mol. The van der Waals surface area contributed by atoms with Crippen molar-refractivity contribution in [2.45, 2.75) is 26.7 Å². The number of nitrogens with one attached hydrogen (secondary N) is 1. The molecule has 0 aliphatic heterocycles. The van der Waals surface area contributed by atoms with Crippen molar-refractivity contribution in [2.75, 3.05) is 5.32 Å². The zero-order valence-electron chi connectivity index (χ0n) is 10.8. The van der Waals surface area contributed by atoms with E-state index >= 15 is 0 Å².